The summed E-state index contributed by atoms with van der Waals surface area (Å²) < 4.78 is 0. The first-order chi connectivity index (χ1) is 11.2. The summed E-state index contributed by atoms with van der Waals surface area (Å²) in [5.41, 5.74) is 15.0. The van der Waals surface area contributed by atoms with E-state index in [0.717, 1.165) is 21.7 Å². The number of benzene rings is 1. The zero-order valence-electron chi connectivity index (χ0n) is 12.2. The predicted octanol–water partition coefficient (Wildman–Crippen LogP) is 2.76. The number of nitrogens with zero attached hydrogens (tertiary/aromatic N) is 2. The summed E-state index contributed by atoms with van der Waals surface area (Å²) in [5, 5.41) is 5.39. The van der Waals surface area contributed by atoms with Crippen LogP contribution >= 0.6 is 11.3 Å². The van der Waals surface area contributed by atoms with E-state index in [4.69, 9.17) is 16.5 Å². The first-order valence-corrected chi connectivity index (χ1v) is 8.05. The molecule has 4 rings (SSSR count). The normalized spacial score (nSPS) is 19.6. The van der Waals surface area contributed by atoms with Gasteiger partial charge in [-0.2, -0.15) is 0 Å². The Labute approximate surface area is 137 Å². The van der Waals surface area contributed by atoms with Crippen molar-refractivity contribution >= 4 is 28.5 Å². The van der Waals surface area contributed by atoms with E-state index in [1.54, 1.807) is 12.4 Å². The third kappa shape index (κ3) is 2.07. The minimum Gasteiger partial charge on any atom is -0.396 e. The third-order valence-electron chi connectivity index (χ3n) is 3.94. The van der Waals surface area contributed by atoms with Crippen molar-refractivity contribution in [2.24, 2.45) is 10.7 Å². The molecule has 0 saturated heterocycles. The zero-order chi connectivity index (χ0) is 15.9. The Morgan fingerprint density at radius 2 is 1.65 bits per heavy atom. The van der Waals surface area contributed by atoms with Crippen molar-refractivity contribution in [3.8, 4) is 0 Å². The minimum atomic E-state index is -0.809. The van der Waals surface area contributed by atoms with Crippen molar-refractivity contribution in [3.63, 3.8) is 0 Å². The molecule has 1 aliphatic heterocycles. The summed E-state index contributed by atoms with van der Waals surface area (Å²) in [6, 6.07) is 13.9. The van der Waals surface area contributed by atoms with Crippen LogP contribution in [-0.4, -0.2) is 10.8 Å². The Morgan fingerprint density at radius 1 is 0.957 bits per heavy atom. The molecule has 3 heterocycles. The number of nitrogen functional groups attached to an aromatic ring is 1. The van der Waals surface area contributed by atoms with Crippen LogP contribution in [0.5, 0.6) is 0 Å². The molecule has 0 radical (unpaired) electrons. The number of rotatable bonds is 2. The lowest BCUT2D eigenvalue weighted by Gasteiger charge is -2.36. The molecule has 1 atom stereocenters. The van der Waals surface area contributed by atoms with Gasteiger partial charge in [0.25, 0.3) is 0 Å². The van der Waals surface area contributed by atoms with E-state index >= 15 is 0 Å². The highest BCUT2D eigenvalue weighted by Gasteiger charge is 2.39. The van der Waals surface area contributed by atoms with E-state index in [-0.39, 0.29) is 0 Å². The fourth-order valence-corrected chi connectivity index (χ4v) is 3.66. The Bertz CT molecular complexity index is 831. The van der Waals surface area contributed by atoms with Crippen molar-refractivity contribution in [2.75, 3.05) is 11.1 Å². The molecule has 5 nitrogen and oxygen atoms in total. The smallest absolute Gasteiger partial charge is 0.184 e. The summed E-state index contributed by atoms with van der Waals surface area (Å²) in [5.74, 6) is 0.487. The summed E-state index contributed by atoms with van der Waals surface area (Å²) >= 11 is 1.50. The molecule has 5 N–H and O–H groups in total. The highest BCUT2D eigenvalue weighted by molar-refractivity contribution is 7.13. The first-order valence-electron chi connectivity index (χ1n) is 7.17. The van der Waals surface area contributed by atoms with Crippen LogP contribution in [0.25, 0.3) is 0 Å². The maximum Gasteiger partial charge on any atom is 0.184 e. The second kappa shape index (κ2) is 5.10. The van der Waals surface area contributed by atoms with E-state index in [1.807, 2.05) is 47.8 Å². The Morgan fingerprint density at radius 3 is 2.39 bits per heavy atom. The van der Waals surface area contributed by atoms with Crippen molar-refractivity contribution < 1.29 is 0 Å². The standard InChI is InChI=1S/C17H15N5S/c18-13-10-23-15-14(13)21-17(22-16(15)19,11-4-2-1-3-5-11)12-6-8-20-9-7-12/h1-10,21H,18H2,(H2,19,22). The number of nitrogens with two attached hydrogens (primary N) is 2. The summed E-state index contributed by atoms with van der Waals surface area (Å²) in [6.07, 6.45) is 3.50. The average Bonchev–Trinajstić information content (AvgIpc) is 2.98. The molecule has 1 aromatic carbocycles. The van der Waals surface area contributed by atoms with Gasteiger partial charge in [0.2, 0.25) is 0 Å². The van der Waals surface area contributed by atoms with Gasteiger partial charge in [0, 0.05) is 28.9 Å². The maximum absolute atomic E-state index is 6.26. The van der Waals surface area contributed by atoms with Gasteiger partial charge in [-0.15, -0.1) is 11.3 Å². The molecular weight excluding hydrogens is 306 g/mol. The van der Waals surface area contributed by atoms with Gasteiger partial charge >= 0.3 is 0 Å². The fourth-order valence-electron chi connectivity index (χ4n) is 2.84. The molecule has 0 spiro atoms. The number of thiophene rings is 1. The number of aliphatic imine (C=N–C) groups is 1. The van der Waals surface area contributed by atoms with Gasteiger partial charge in [-0.25, -0.2) is 4.99 Å². The van der Waals surface area contributed by atoms with Crippen LogP contribution in [0, 0.1) is 0 Å². The summed E-state index contributed by atoms with van der Waals surface area (Å²) in [7, 11) is 0. The number of pyridine rings is 1. The number of fused-ring (bicyclic) bond motifs is 1. The van der Waals surface area contributed by atoms with E-state index < -0.39 is 5.66 Å². The number of hydrogen-bond acceptors (Lipinski definition) is 6. The number of aromatic nitrogens is 1. The van der Waals surface area contributed by atoms with E-state index in [0.29, 0.717) is 11.5 Å². The van der Waals surface area contributed by atoms with E-state index in [2.05, 4.69) is 10.3 Å². The highest BCUT2D eigenvalue weighted by Crippen LogP contribution is 2.43. The van der Waals surface area contributed by atoms with Gasteiger partial charge in [-0.05, 0) is 12.1 Å². The Balaban J connectivity index is 1.99. The topological polar surface area (TPSA) is 89.3 Å². The maximum atomic E-state index is 6.26. The largest absolute Gasteiger partial charge is 0.396 e. The predicted molar refractivity (Wildman–Crippen MR) is 94.5 cm³/mol. The van der Waals surface area contributed by atoms with Crippen LogP contribution in [0.4, 0.5) is 11.4 Å². The molecule has 114 valence electrons. The van der Waals surface area contributed by atoms with Gasteiger partial charge in [0.05, 0.1) is 16.3 Å². The van der Waals surface area contributed by atoms with E-state index in [1.165, 1.54) is 11.3 Å². The average molecular weight is 321 g/mol. The van der Waals surface area contributed by atoms with Crippen LogP contribution in [0.15, 0.2) is 65.2 Å². The van der Waals surface area contributed by atoms with Crippen molar-refractivity contribution in [2.45, 2.75) is 5.66 Å². The molecule has 3 aromatic rings. The second-order valence-corrected chi connectivity index (χ2v) is 6.21. The van der Waals surface area contributed by atoms with Gasteiger partial charge in [-0.3, -0.25) is 4.98 Å². The molecule has 1 aliphatic rings. The van der Waals surface area contributed by atoms with Gasteiger partial charge in [-0.1, -0.05) is 30.3 Å². The van der Waals surface area contributed by atoms with Crippen molar-refractivity contribution in [1.29, 1.82) is 0 Å². The lowest BCUT2D eigenvalue weighted by Crippen LogP contribution is -2.40. The molecule has 0 saturated carbocycles. The van der Waals surface area contributed by atoms with Crippen LogP contribution in [0.3, 0.4) is 0 Å². The highest BCUT2D eigenvalue weighted by atomic mass is 32.1. The minimum absolute atomic E-state index is 0.487. The molecule has 6 heteroatoms. The molecule has 0 amide bonds. The molecule has 1 unspecified atom stereocenters. The molecule has 0 fully saturated rings. The molecule has 2 aromatic heterocycles. The lowest BCUT2D eigenvalue weighted by atomic mass is 9.90. The fraction of sp³-hybridized carbons (Fsp3) is 0.0588. The zero-order valence-corrected chi connectivity index (χ0v) is 13.0. The van der Waals surface area contributed by atoms with Crippen LogP contribution in [-0.2, 0) is 5.66 Å². The van der Waals surface area contributed by atoms with Gasteiger partial charge in [0.15, 0.2) is 5.66 Å². The van der Waals surface area contributed by atoms with Gasteiger partial charge < -0.3 is 16.8 Å². The second-order valence-electron chi connectivity index (χ2n) is 5.33. The SMILES string of the molecule is NC1=NC(c2ccccc2)(c2ccncc2)Nc2c(N)csc21. The molecule has 0 bridgehead atoms. The summed E-state index contributed by atoms with van der Waals surface area (Å²) in [6.45, 7) is 0. The summed E-state index contributed by atoms with van der Waals surface area (Å²) in [4.78, 5) is 9.80. The number of nitrogens with one attached hydrogen (secondary N) is 1. The number of anilines is 2. The van der Waals surface area contributed by atoms with Crippen LogP contribution in [0.2, 0.25) is 0 Å². The Kier molecular flexibility index (Phi) is 3.06. The Hall–Kier alpha value is -2.86. The number of hydrogen-bond donors (Lipinski definition) is 3. The quantitative estimate of drug-likeness (QED) is 0.677. The van der Waals surface area contributed by atoms with Crippen LogP contribution < -0.4 is 16.8 Å². The number of amidine groups is 1. The van der Waals surface area contributed by atoms with Gasteiger partial charge in [0.1, 0.15) is 5.84 Å². The van der Waals surface area contributed by atoms with Crippen LogP contribution in [0.1, 0.15) is 16.0 Å². The monoisotopic (exact) mass is 321 g/mol. The third-order valence-corrected chi connectivity index (χ3v) is 4.96. The van der Waals surface area contributed by atoms with Crippen molar-refractivity contribution in [3.05, 3.63) is 76.2 Å². The van der Waals surface area contributed by atoms with Crippen molar-refractivity contribution in [1.82, 2.24) is 4.98 Å². The molecule has 0 aliphatic carbocycles. The molecular formula is C17H15N5S. The molecule has 23 heavy (non-hydrogen) atoms. The lowest BCUT2D eigenvalue weighted by molar-refractivity contribution is 0.619. The first kappa shape index (κ1) is 13.8. The van der Waals surface area contributed by atoms with E-state index in [9.17, 15) is 0 Å².